The quantitative estimate of drug-likeness (QED) is 0.476. The van der Waals surface area contributed by atoms with Crippen LogP contribution >= 0.6 is 11.6 Å². The molecule has 0 bridgehead atoms. The van der Waals surface area contributed by atoms with Gasteiger partial charge in [-0.25, -0.2) is 4.98 Å². The monoisotopic (exact) mass is 426 g/mol. The maximum Gasteiger partial charge on any atom is 0.322 e. The van der Waals surface area contributed by atoms with Gasteiger partial charge in [-0.1, -0.05) is 11.6 Å². The number of anilines is 1. The van der Waals surface area contributed by atoms with E-state index in [1.54, 1.807) is 24.3 Å². The van der Waals surface area contributed by atoms with Crippen LogP contribution in [0, 0.1) is 0 Å². The van der Waals surface area contributed by atoms with E-state index < -0.39 is 29.9 Å². The Morgan fingerprint density at radius 3 is 2.27 bits per heavy atom. The second-order valence-corrected chi connectivity index (χ2v) is 6.53. The van der Waals surface area contributed by atoms with Crippen molar-refractivity contribution in [3.63, 3.8) is 0 Å². The molecule has 0 fully saturated rings. The lowest BCUT2D eigenvalue weighted by atomic mass is 10.2. The van der Waals surface area contributed by atoms with Gasteiger partial charge >= 0.3 is 5.97 Å². The summed E-state index contributed by atoms with van der Waals surface area (Å²) in [5, 5.41) is 13.9. The first-order valence-corrected chi connectivity index (χ1v) is 8.98. The van der Waals surface area contributed by atoms with Crippen LogP contribution in [-0.2, 0) is 4.79 Å². The van der Waals surface area contributed by atoms with Crippen LogP contribution in [0.4, 0.5) is 5.69 Å². The average molecular weight is 427 g/mol. The molecular formula is C20H15ClN4O5. The third kappa shape index (κ3) is 5.09. The summed E-state index contributed by atoms with van der Waals surface area (Å²) in [5.74, 6) is -2.10. The number of hydrogen-bond donors (Lipinski definition) is 4. The Morgan fingerprint density at radius 2 is 1.67 bits per heavy atom. The van der Waals surface area contributed by atoms with Crippen molar-refractivity contribution >= 4 is 35.1 Å². The molecule has 30 heavy (non-hydrogen) atoms. The number of carboxylic acids is 1. The maximum atomic E-state index is 12.4. The van der Waals surface area contributed by atoms with E-state index in [0.717, 1.165) is 0 Å². The normalized spacial score (nSPS) is 10.3. The summed E-state index contributed by atoms with van der Waals surface area (Å²) >= 11 is 5.84. The number of aromatic amines is 1. The molecule has 4 N–H and O–H groups in total. The van der Waals surface area contributed by atoms with Crippen LogP contribution in [0.5, 0.6) is 0 Å². The van der Waals surface area contributed by atoms with E-state index in [1.807, 2.05) is 0 Å². The van der Waals surface area contributed by atoms with Crippen molar-refractivity contribution in [2.24, 2.45) is 0 Å². The number of H-pyrrole nitrogens is 1. The molecule has 0 radical (unpaired) electrons. The molecule has 152 valence electrons. The molecule has 2 amide bonds. The molecular weight excluding hydrogens is 412 g/mol. The zero-order valence-electron chi connectivity index (χ0n) is 15.3. The van der Waals surface area contributed by atoms with Crippen molar-refractivity contribution in [3.05, 3.63) is 81.2 Å². The van der Waals surface area contributed by atoms with E-state index >= 15 is 0 Å². The van der Waals surface area contributed by atoms with Crippen LogP contribution in [0.1, 0.15) is 20.7 Å². The summed E-state index contributed by atoms with van der Waals surface area (Å²) in [6.45, 7) is -0.501. The summed E-state index contributed by atoms with van der Waals surface area (Å²) in [6.07, 6.45) is 1.17. The average Bonchev–Trinajstić information content (AvgIpc) is 2.73. The van der Waals surface area contributed by atoms with Gasteiger partial charge in [-0.2, -0.15) is 0 Å². The predicted octanol–water partition coefficient (Wildman–Crippen LogP) is 2.16. The van der Waals surface area contributed by atoms with E-state index in [2.05, 4.69) is 20.6 Å². The largest absolute Gasteiger partial charge is 0.480 e. The molecule has 10 heteroatoms. The first kappa shape index (κ1) is 20.7. The Labute approximate surface area is 174 Å². The van der Waals surface area contributed by atoms with Crippen LogP contribution in [0.15, 0.2) is 59.5 Å². The molecule has 0 aliphatic rings. The number of amides is 2. The first-order valence-electron chi connectivity index (χ1n) is 8.60. The molecule has 1 aromatic heterocycles. The third-order valence-corrected chi connectivity index (χ3v) is 4.22. The molecule has 0 atom stereocenters. The molecule has 2 aromatic carbocycles. The summed E-state index contributed by atoms with van der Waals surface area (Å²) in [7, 11) is 0. The van der Waals surface area contributed by atoms with Crippen LogP contribution in [0.2, 0.25) is 5.02 Å². The zero-order chi connectivity index (χ0) is 21.7. The second-order valence-electron chi connectivity index (χ2n) is 6.09. The molecule has 0 unspecified atom stereocenters. The Morgan fingerprint density at radius 1 is 1.00 bits per heavy atom. The number of benzene rings is 2. The Balaban J connectivity index is 1.70. The fourth-order valence-corrected chi connectivity index (χ4v) is 2.60. The third-order valence-electron chi connectivity index (χ3n) is 3.97. The van der Waals surface area contributed by atoms with Crippen molar-refractivity contribution in [2.45, 2.75) is 0 Å². The highest BCUT2D eigenvalue weighted by atomic mass is 35.5. The highest BCUT2D eigenvalue weighted by Crippen LogP contribution is 2.17. The lowest BCUT2D eigenvalue weighted by molar-refractivity contribution is -0.135. The summed E-state index contributed by atoms with van der Waals surface area (Å²) in [5.41, 5.74) is 0.408. The molecule has 3 rings (SSSR count). The van der Waals surface area contributed by atoms with Crippen LogP contribution in [0.25, 0.3) is 11.4 Å². The van der Waals surface area contributed by atoms with E-state index in [0.29, 0.717) is 22.1 Å². The van der Waals surface area contributed by atoms with Gasteiger partial charge in [0, 0.05) is 28.0 Å². The van der Waals surface area contributed by atoms with E-state index in [4.69, 9.17) is 16.7 Å². The van der Waals surface area contributed by atoms with Gasteiger partial charge in [0.25, 0.3) is 17.4 Å². The molecule has 0 aliphatic heterocycles. The van der Waals surface area contributed by atoms with Crippen molar-refractivity contribution in [3.8, 4) is 11.4 Å². The minimum Gasteiger partial charge on any atom is -0.480 e. The Hall–Kier alpha value is -3.98. The standard InChI is InChI=1S/C20H15ClN4O5/c21-13-5-1-11(2-6-13)17-22-9-15(20(30)25-17)19(29)24-14-7-3-12(4-8-14)18(28)23-10-16(26)27/h1-9H,10H2,(H,23,28)(H,24,29)(H,26,27)(H,22,25,30). The molecule has 1 heterocycles. The van der Waals surface area contributed by atoms with Gasteiger partial charge in [-0.3, -0.25) is 19.2 Å². The fraction of sp³-hybridized carbons (Fsp3) is 0.0500. The van der Waals surface area contributed by atoms with E-state index in [1.165, 1.54) is 30.5 Å². The Bertz CT molecular complexity index is 1160. The zero-order valence-corrected chi connectivity index (χ0v) is 16.1. The Kier molecular flexibility index (Phi) is 6.23. The number of carbonyl (C=O) groups excluding carboxylic acids is 2. The highest BCUT2D eigenvalue weighted by Gasteiger charge is 2.14. The van der Waals surface area contributed by atoms with Crippen molar-refractivity contribution in [1.29, 1.82) is 0 Å². The van der Waals surface area contributed by atoms with Gasteiger partial charge in [0.15, 0.2) is 0 Å². The predicted molar refractivity (Wildman–Crippen MR) is 110 cm³/mol. The van der Waals surface area contributed by atoms with Gasteiger partial charge in [0.2, 0.25) is 0 Å². The molecule has 0 spiro atoms. The van der Waals surface area contributed by atoms with Gasteiger partial charge in [-0.05, 0) is 48.5 Å². The number of aromatic nitrogens is 2. The van der Waals surface area contributed by atoms with Crippen molar-refractivity contribution < 1.29 is 19.5 Å². The minimum atomic E-state index is -1.16. The molecule has 0 saturated carbocycles. The number of nitrogens with zero attached hydrogens (tertiary/aromatic N) is 1. The molecule has 0 saturated heterocycles. The lowest BCUT2D eigenvalue weighted by Gasteiger charge is -2.07. The van der Waals surface area contributed by atoms with Gasteiger partial charge in [0.05, 0.1) is 0 Å². The number of carbonyl (C=O) groups is 3. The molecule has 9 nitrogen and oxygen atoms in total. The van der Waals surface area contributed by atoms with E-state index in [-0.39, 0.29) is 11.1 Å². The SMILES string of the molecule is O=C(O)CNC(=O)c1ccc(NC(=O)c2cnc(-c3ccc(Cl)cc3)[nH]c2=O)cc1. The van der Waals surface area contributed by atoms with Crippen molar-refractivity contribution in [2.75, 3.05) is 11.9 Å². The number of rotatable bonds is 6. The number of hydrogen-bond acceptors (Lipinski definition) is 5. The van der Waals surface area contributed by atoms with E-state index in [9.17, 15) is 19.2 Å². The maximum absolute atomic E-state index is 12.4. The number of carboxylic acid groups (broad SMARTS) is 1. The van der Waals surface area contributed by atoms with Gasteiger partial charge < -0.3 is 20.7 Å². The summed E-state index contributed by atoms with van der Waals surface area (Å²) < 4.78 is 0. The van der Waals surface area contributed by atoms with Crippen molar-refractivity contribution in [1.82, 2.24) is 15.3 Å². The number of aliphatic carboxylic acids is 1. The lowest BCUT2D eigenvalue weighted by Crippen LogP contribution is -2.29. The van der Waals surface area contributed by atoms with Crippen LogP contribution in [0.3, 0.4) is 0 Å². The summed E-state index contributed by atoms with van der Waals surface area (Å²) in [4.78, 5) is 53.6. The van der Waals surface area contributed by atoms with Crippen LogP contribution < -0.4 is 16.2 Å². The molecule has 0 aliphatic carbocycles. The first-order chi connectivity index (χ1) is 14.3. The topological polar surface area (TPSA) is 141 Å². The second kappa shape index (κ2) is 9.01. The highest BCUT2D eigenvalue weighted by molar-refractivity contribution is 6.30. The smallest absolute Gasteiger partial charge is 0.322 e. The van der Waals surface area contributed by atoms with Gasteiger partial charge in [0.1, 0.15) is 17.9 Å². The summed E-state index contributed by atoms with van der Waals surface area (Å²) in [6, 6.07) is 12.4. The fourth-order valence-electron chi connectivity index (χ4n) is 2.47. The minimum absolute atomic E-state index is 0.184. The van der Waals surface area contributed by atoms with Crippen LogP contribution in [-0.4, -0.2) is 39.4 Å². The van der Waals surface area contributed by atoms with Gasteiger partial charge in [-0.15, -0.1) is 0 Å². The molecule has 3 aromatic rings. The number of halogens is 1. The number of nitrogens with one attached hydrogen (secondary N) is 3.